The summed E-state index contributed by atoms with van der Waals surface area (Å²) < 4.78 is 1.87. The van der Waals surface area contributed by atoms with Crippen molar-refractivity contribution < 1.29 is 0 Å². The van der Waals surface area contributed by atoms with Crippen LogP contribution in [0.25, 0.3) is 0 Å². The summed E-state index contributed by atoms with van der Waals surface area (Å²) >= 11 is 11.5. The van der Waals surface area contributed by atoms with E-state index in [1.165, 1.54) is 0 Å². The molecule has 2 nitrogen and oxygen atoms in total. The summed E-state index contributed by atoms with van der Waals surface area (Å²) in [6.07, 6.45) is 2.45. The Hall–Kier alpha value is -0.210. The molecule has 0 atom stereocenters. The summed E-state index contributed by atoms with van der Waals surface area (Å²) in [4.78, 5) is 0. The largest absolute Gasteiger partial charge is 0.268 e. The first-order valence-corrected chi connectivity index (χ1v) is 4.47. The normalized spacial score (nSPS) is 10.5. The lowest BCUT2D eigenvalue weighted by Crippen LogP contribution is -2.03. The van der Waals surface area contributed by atoms with Crippen molar-refractivity contribution in [3.63, 3.8) is 0 Å². The topological polar surface area (TPSA) is 17.8 Å². The van der Waals surface area contributed by atoms with Crippen LogP contribution in [0.5, 0.6) is 0 Å². The van der Waals surface area contributed by atoms with Crippen LogP contribution in [0.4, 0.5) is 0 Å². The monoisotopic (exact) mass is 192 g/mol. The van der Waals surface area contributed by atoms with Crippen LogP contribution in [0, 0.1) is 0 Å². The highest BCUT2D eigenvalue weighted by Gasteiger charge is 2.05. The van der Waals surface area contributed by atoms with Crippen molar-refractivity contribution in [2.24, 2.45) is 0 Å². The van der Waals surface area contributed by atoms with Gasteiger partial charge in [-0.3, -0.25) is 4.68 Å². The maximum Gasteiger partial charge on any atom is 0.0818 e. The minimum Gasteiger partial charge on any atom is -0.268 e. The van der Waals surface area contributed by atoms with Crippen LogP contribution < -0.4 is 0 Å². The van der Waals surface area contributed by atoms with Crippen LogP contribution in [0.2, 0.25) is 5.02 Å². The Balaban J connectivity index is 2.88. The van der Waals surface area contributed by atoms with Gasteiger partial charge in [0.2, 0.25) is 0 Å². The molecule has 0 aliphatic heterocycles. The van der Waals surface area contributed by atoms with Crippen LogP contribution in [0.3, 0.4) is 0 Å². The van der Waals surface area contributed by atoms with Gasteiger partial charge in [0, 0.05) is 18.8 Å². The van der Waals surface area contributed by atoms with Crippen molar-refractivity contribution >= 4 is 23.2 Å². The molecule has 0 aromatic carbocycles. The predicted octanol–water partition coefficient (Wildman–Crippen LogP) is 2.34. The molecule has 62 valence electrons. The van der Waals surface area contributed by atoms with Crippen molar-refractivity contribution in [2.45, 2.75) is 19.9 Å². The predicted molar refractivity (Wildman–Crippen MR) is 47.3 cm³/mol. The number of aromatic nitrogens is 2. The van der Waals surface area contributed by atoms with Crippen molar-refractivity contribution in [1.29, 1.82) is 0 Å². The van der Waals surface area contributed by atoms with Crippen LogP contribution in [0.15, 0.2) is 6.20 Å². The third kappa shape index (κ3) is 1.88. The van der Waals surface area contributed by atoms with Gasteiger partial charge >= 0.3 is 0 Å². The van der Waals surface area contributed by atoms with Gasteiger partial charge in [0.1, 0.15) is 0 Å². The molecule has 0 bridgehead atoms. The quantitative estimate of drug-likeness (QED) is 0.673. The summed E-state index contributed by atoms with van der Waals surface area (Å²) in [6, 6.07) is 0. The molecule has 1 heterocycles. The van der Waals surface area contributed by atoms with Crippen LogP contribution in [-0.4, -0.2) is 15.7 Å². The Morgan fingerprint density at radius 3 is 2.91 bits per heavy atom. The van der Waals surface area contributed by atoms with E-state index in [0.29, 0.717) is 10.9 Å². The molecule has 1 aromatic rings. The fourth-order valence-electron chi connectivity index (χ4n) is 0.998. The van der Waals surface area contributed by atoms with E-state index in [1.807, 2.05) is 11.6 Å². The number of hydrogen-bond acceptors (Lipinski definition) is 1. The molecule has 1 aromatic heterocycles. The van der Waals surface area contributed by atoms with Gasteiger partial charge in [-0.2, -0.15) is 5.10 Å². The summed E-state index contributed by atoms with van der Waals surface area (Å²) in [5.41, 5.74) is 1.03. The number of alkyl halides is 1. The van der Waals surface area contributed by atoms with E-state index in [1.54, 1.807) is 6.20 Å². The van der Waals surface area contributed by atoms with Gasteiger partial charge in [0.25, 0.3) is 0 Å². The van der Waals surface area contributed by atoms with Gasteiger partial charge in [0.05, 0.1) is 16.9 Å². The second-order valence-electron chi connectivity index (χ2n) is 2.19. The third-order valence-electron chi connectivity index (χ3n) is 1.53. The first-order chi connectivity index (χ1) is 5.29. The Labute approximate surface area is 76.1 Å². The molecule has 1 rings (SSSR count). The molecule has 0 unspecified atom stereocenters. The van der Waals surface area contributed by atoms with Crippen LogP contribution in [0.1, 0.15) is 12.6 Å². The van der Waals surface area contributed by atoms with Crippen molar-refractivity contribution in [3.8, 4) is 0 Å². The zero-order valence-corrected chi connectivity index (χ0v) is 7.86. The second kappa shape index (κ2) is 3.98. The molecule has 0 saturated heterocycles. The minimum atomic E-state index is 0.589. The highest BCUT2D eigenvalue weighted by Crippen LogP contribution is 2.15. The highest BCUT2D eigenvalue weighted by molar-refractivity contribution is 6.31. The van der Waals surface area contributed by atoms with Gasteiger partial charge < -0.3 is 0 Å². The standard InChI is InChI=1S/C7H10Cl2N2/c1-2-11-7(3-4-8)6(9)5-10-11/h5H,2-4H2,1H3. The van der Waals surface area contributed by atoms with Crippen molar-refractivity contribution in [1.82, 2.24) is 9.78 Å². The minimum absolute atomic E-state index is 0.589. The van der Waals surface area contributed by atoms with Gasteiger partial charge in [-0.05, 0) is 6.92 Å². The zero-order chi connectivity index (χ0) is 8.27. The number of aryl methyl sites for hydroxylation is 1. The molecule has 4 heteroatoms. The first kappa shape index (κ1) is 8.88. The molecule has 0 aliphatic carbocycles. The summed E-state index contributed by atoms with van der Waals surface area (Å²) in [5.74, 6) is 0.589. The Morgan fingerprint density at radius 2 is 2.36 bits per heavy atom. The molecular weight excluding hydrogens is 183 g/mol. The number of hydrogen-bond donors (Lipinski definition) is 0. The fourth-order valence-corrected chi connectivity index (χ4v) is 1.41. The number of halogens is 2. The van der Waals surface area contributed by atoms with Crippen LogP contribution >= 0.6 is 23.2 Å². The smallest absolute Gasteiger partial charge is 0.0818 e. The van der Waals surface area contributed by atoms with E-state index in [0.717, 1.165) is 18.7 Å². The van der Waals surface area contributed by atoms with E-state index in [2.05, 4.69) is 5.10 Å². The zero-order valence-electron chi connectivity index (χ0n) is 6.35. The molecule has 0 radical (unpaired) electrons. The van der Waals surface area contributed by atoms with Gasteiger partial charge in [-0.15, -0.1) is 11.6 Å². The maximum absolute atomic E-state index is 5.86. The Bertz CT molecular complexity index is 232. The average molecular weight is 193 g/mol. The molecule has 0 amide bonds. The van der Waals surface area contributed by atoms with E-state index >= 15 is 0 Å². The SMILES string of the molecule is CCn1ncc(Cl)c1CCCl. The average Bonchev–Trinajstić information content (AvgIpc) is 2.34. The molecule has 0 aliphatic rings. The molecule has 0 spiro atoms. The van der Waals surface area contributed by atoms with E-state index in [-0.39, 0.29) is 0 Å². The molecule has 0 N–H and O–H groups in total. The summed E-state index contributed by atoms with van der Waals surface area (Å²) in [7, 11) is 0. The third-order valence-corrected chi connectivity index (χ3v) is 2.03. The lowest BCUT2D eigenvalue weighted by atomic mass is 10.3. The summed E-state index contributed by atoms with van der Waals surface area (Å²) in [6.45, 7) is 2.88. The van der Waals surface area contributed by atoms with E-state index in [4.69, 9.17) is 23.2 Å². The van der Waals surface area contributed by atoms with Crippen molar-refractivity contribution in [3.05, 3.63) is 16.9 Å². The first-order valence-electron chi connectivity index (χ1n) is 3.55. The molecule has 0 fully saturated rings. The van der Waals surface area contributed by atoms with Gasteiger partial charge in [-0.1, -0.05) is 11.6 Å². The Morgan fingerprint density at radius 1 is 1.64 bits per heavy atom. The van der Waals surface area contributed by atoms with Gasteiger partial charge in [-0.25, -0.2) is 0 Å². The fraction of sp³-hybridized carbons (Fsp3) is 0.571. The van der Waals surface area contributed by atoms with E-state index in [9.17, 15) is 0 Å². The lowest BCUT2D eigenvalue weighted by molar-refractivity contribution is 0.627. The van der Waals surface area contributed by atoms with Gasteiger partial charge in [0.15, 0.2) is 0 Å². The molecule has 11 heavy (non-hydrogen) atoms. The number of nitrogens with zero attached hydrogens (tertiary/aromatic N) is 2. The maximum atomic E-state index is 5.86. The highest BCUT2D eigenvalue weighted by atomic mass is 35.5. The van der Waals surface area contributed by atoms with Crippen LogP contribution in [-0.2, 0) is 13.0 Å². The summed E-state index contributed by atoms with van der Waals surface area (Å²) in [5, 5.41) is 4.79. The number of rotatable bonds is 3. The second-order valence-corrected chi connectivity index (χ2v) is 2.98. The van der Waals surface area contributed by atoms with E-state index < -0.39 is 0 Å². The molecule has 0 saturated carbocycles. The Kier molecular flexibility index (Phi) is 3.21. The molecular formula is C7H10Cl2N2. The van der Waals surface area contributed by atoms with Crippen molar-refractivity contribution in [2.75, 3.05) is 5.88 Å². The lowest BCUT2D eigenvalue weighted by Gasteiger charge is -2.01.